The Morgan fingerprint density at radius 1 is 0.824 bits per heavy atom. The Hall–Kier alpha value is -3.02. The number of nitrogens with one attached hydrogen (secondary N) is 2. The number of nitrogens with zero attached hydrogens (tertiary/aromatic N) is 8. The van der Waals surface area contributed by atoms with Crippen molar-refractivity contribution < 1.29 is 47.0 Å². The van der Waals surface area contributed by atoms with Crippen molar-refractivity contribution in [3.8, 4) is 0 Å². The number of anilines is 2. The monoisotopic (exact) mass is 770 g/mol. The molecule has 4 aromatic rings. The lowest BCUT2D eigenvalue weighted by Gasteiger charge is -2.41. The molecule has 7 rings (SSSR count). The second-order valence-electron chi connectivity index (χ2n) is 14.1. The summed E-state index contributed by atoms with van der Waals surface area (Å²) in [6, 6.07) is -2.48. The van der Waals surface area contributed by atoms with Crippen LogP contribution in [-0.2, 0) is 32.1 Å². The van der Waals surface area contributed by atoms with Gasteiger partial charge in [-0.1, -0.05) is 20.8 Å². The zero-order valence-corrected chi connectivity index (χ0v) is 31.0. The Balaban J connectivity index is 1.23. The largest absolute Gasteiger partial charge is 0.408 e. The summed E-state index contributed by atoms with van der Waals surface area (Å²) in [6.07, 6.45) is -2.00. The van der Waals surface area contributed by atoms with Crippen LogP contribution < -0.4 is 21.6 Å². The SMILES string of the molecule is CC(C)(C)[Si](C)(C)OC1[C@H](n2cnc3c(N)ncnc32)O[C@@H]2COP(=O)(O)N[C@H]3[C@@H](O)[C@H](n4cnc5c(N)ncnc54)O[C@@H]3COP(=O)(O)N[C@@H]12. The highest BCUT2D eigenvalue weighted by Crippen LogP contribution is 2.49. The van der Waals surface area contributed by atoms with Gasteiger partial charge in [0.2, 0.25) is 0 Å². The van der Waals surface area contributed by atoms with E-state index in [0.29, 0.717) is 11.2 Å². The number of aliphatic hydroxyl groups is 1. The molecule has 7 heterocycles. The molecule has 51 heavy (non-hydrogen) atoms. The first-order valence-electron chi connectivity index (χ1n) is 15.9. The predicted octanol–water partition coefficient (Wildman–Crippen LogP) is 0.541. The maximum absolute atomic E-state index is 13.8. The Kier molecular flexibility index (Phi) is 9.14. The van der Waals surface area contributed by atoms with E-state index in [4.69, 9.17) is 34.4 Å². The van der Waals surface area contributed by atoms with Crippen LogP contribution in [0.25, 0.3) is 22.3 Å². The van der Waals surface area contributed by atoms with Gasteiger partial charge in [0.25, 0.3) is 0 Å². The zero-order valence-electron chi connectivity index (χ0n) is 28.2. The van der Waals surface area contributed by atoms with Crippen LogP contribution in [0.2, 0.25) is 18.1 Å². The minimum absolute atomic E-state index is 0.0872. The zero-order chi connectivity index (χ0) is 36.7. The molecule has 0 radical (unpaired) electrons. The summed E-state index contributed by atoms with van der Waals surface area (Å²) in [4.78, 5) is 47.2. The van der Waals surface area contributed by atoms with Crippen LogP contribution in [-0.4, -0.2) is 112 Å². The van der Waals surface area contributed by atoms with Gasteiger partial charge in [-0.3, -0.25) is 18.2 Å². The van der Waals surface area contributed by atoms with Crippen molar-refractivity contribution in [3.05, 3.63) is 25.3 Å². The maximum Gasteiger partial charge on any atom is 0.403 e. The van der Waals surface area contributed by atoms with E-state index in [1.54, 1.807) is 4.57 Å². The number of imidazole rings is 2. The number of hydrogen-bond acceptors (Lipinski definition) is 16. The summed E-state index contributed by atoms with van der Waals surface area (Å²) < 4.78 is 60.8. The first kappa shape index (κ1) is 36.3. The van der Waals surface area contributed by atoms with Crippen molar-refractivity contribution in [3.63, 3.8) is 0 Å². The number of rotatable bonds is 4. The fraction of sp³-hybridized carbons (Fsp3) is 0.615. The predicted molar refractivity (Wildman–Crippen MR) is 181 cm³/mol. The minimum atomic E-state index is -4.74. The van der Waals surface area contributed by atoms with E-state index in [0.717, 1.165) is 0 Å². The van der Waals surface area contributed by atoms with Gasteiger partial charge >= 0.3 is 15.5 Å². The number of nitrogens with two attached hydrogens (primary N) is 2. The highest BCUT2D eigenvalue weighted by molar-refractivity contribution is 7.50. The molecular weight excluding hydrogens is 730 g/mol. The van der Waals surface area contributed by atoms with E-state index < -0.39 is 86.0 Å². The highest BCUT2D eigenvalue weighted by atomic mass is 31.2. The second kappa shape index (κ2) is 12.8. The van der Waals surface area contributed by atoms with E-state index in [9.17, 15) is 24.0 Å². The summed E-state index contributed by atoms with van der Waals surface area (Å²) in [5.74, 6) is 0.215. The Morgan fingerprint density at radius 2 is 1.29 bits per heavy atom. The van der Waals surface area contributed by atoms with E-state index in [1.807, 2.05) is 33.9 Å². The number of hydrogen-bond donors (Lipinski definition) is 7. The average Bonchev–Trinajstić information content (AvgIpc) is 3.80. The lowest BCUT2D eigenvalue weighted by Crippen LogP contribution is -2.53. The molecule has 3 fully saturated rings. The number of fused-ring (bicyclic) bond motifs is 4. The van der Waals surface area contributed by atoms with Crippen LogP contribution in [0.15, 0.2) is 25.3 Å². The third-order valence-corrected chi connectivity index (χ3v) is 16.5. The molecule has 25 heteroatoms. The number of ether oxygens (including phenoxy) is 2. The molecular formula is C26H40N12O10P2Si. The summed E-state index contributed by atoms with van der Waals surface area (Å²) in [5.41, 5.74) is 13.0. The smallest absolute Gasteiger partial charge is 0.403 e. The molecule has 3 saturated heterocycles. The highest BCUT2D eigenvalue weighted by Gasteiger charge is 2.55. The molecule has 4 aromatic heterocycles. The van der Waals surface area contributed by atoms with Gasteiger partial charge in [-0.05, 0) is 18.1 Å². The summed E-state index contributed by atoms with van der Waals surface area (Å²) >= 11 is 0. The molecule has 0 spiro atoms. The summed E-state index contributed by atoms with van der Waals surface area (Å²) in [6.45, 7) is 8.90. The minimum Gasteiger partial charge on any atom is -0.408 e. The topological polar surface area (TPSA) is 304 Å². The first-order valence-corrected chi connectivity index (χ1v) is 22.0. The van der Waals surface area contributed by atoms with Crippen LogP contribution in [0.4, 0.5) is 11.6 Å². The fourth-order valence-corrected chi connectivity index (χ4v) is 9.62. The van der Waals surface area contributed by atoms with E-state index in [2.05, 4.69) is 40.1 Å². The van der Waals surface area contributed by atoms with Crippen LogP contribution in [0.3, 0.4) is 0 Å². The molecule has 0 amide bonds. The molecule has 3 aliphatic rings. The van der Waals surface area contributed by atoms with Crippen molar-refractivity contribution in [1.29, 1.82) is 0 Å². The lowest BCUT2D eigenvalue weighted by molar-refractivity contribution is -0.0477. The number of aliphatic hydroxyl groups excluding tert-OH is 1. The van der Waals surface area contributed by atoms with E-state index in [-0.39, 0.29) is 27.8 Å². The maximum atomic E-state index is 13.8. The molecule has 3 unspecified atom stereocenters. The van der Waals surface area contributed by atoms with Gasteiger partial charge in [0, 0.05) is 0 Å². The summed E-state index contributed by atoms with van der Waals surface area (Å²) in [5, 5.41) is 16.2. The Bertz CT molecular complexity index is 2050. The van der Waals surface area contributed by atoms with Crippen LogP contribution >= 0.6 is 15.5 Å². The first-order chi connectivity index (χ1) is 23.9. The van der Waals surface area contributed by atoms with Crippen molar-refractivity contribution in [2.75, 3.05) is 24.7 Å². The van der Waals surface area contributed by atoms with Gasteiger partial charge in [0.15, 0.2) is 43.7 Å². The number of aromatic nitrogens is 8. The standard InChI is InChI=1S/C26H40N12O10P2Si/c1-26(2,3)51(4,5)48-19-15-13(47-25(19)38-11-34-17-21(28)30-9-32-23(17)38)7-45-49(40,41)35-14-12(6-44-50(42,43)36-15)46-24(18(14)39)37-10-33-16-20(27)29-8-31-22(16)37/h8-15,18-19,24-25,39H,6-7H2,1-5H3,(H2,27,29,31)(H2,28,30,32)(H2,35,40,41)(H2,36,42,43)/t12-,13-,14-,15-,18-,19?,24-,25-/m1/s1. The van der Waals surface area contributed by atoms with Crippen molar-refractivity contribution in [2.45, 2.75) is 87.9 Å². The third kappa shape index (κ3) is 6.71. The van der Waals surface area contributed by atoms with Gasteiger partial charge in [0.1, 0.15) is 48.1 Å². The van der Waals surface area contributed by atoms with Gasteiger partial charge in [-0.25, -0.2) is 49.2 Å². The van der Waals surface area contributed by atoms with Crippen LogP contribution in [0, 0.1) is 0 Å². The molecule has 0 bridgehead atoms. The van der Waals surface area contributed by atoms with Gasteiger partial charge in [0.05, 0.1) is 38.0 Å². The molecule has 10 atom stereocenters. The Morgan fingerprint density at radius 3 is 1.82 bits per heavy atom. The average molecular weight is 771 g/mol. The number of nitrogen functional groups attached to an aromatic ring is 2. The van der Waals surface area contributed by atoms with Gasteiger partial charge in [-0.15, -0.1) is 0 Å². The molecule has 9 N–H and O–H groups in total. The molecule has 0 aromatic carbocycles. The van der Waals surface area contributed by atoms with Crippen molar-refractivity contribution in [2.24, 2.45) is 0 Å². The van der Waals surface area contributed by atoms with Gasteiger partial charge < -0.3 is 40.3 Å². The molecule has 278 valence electrons. The fourth-order valence-electron chi connectivity index (χ4n) is 6.09. The molecule has 0 aliphatic carbocycles. The van der Waals surface area contributed by atoms with Crippen LogP contribution in [0.1, 0.15) is 33.2 Å². The van der Waals surface area contributed by atoms with E-state index in [1.165, 1.54) is 29.9 Å². The van der Waals surface area contributed by atoms with Gasteiger partial charge in [-0.2, -0.15) is 0 Å². The third-order valence-electron chi connectivity index (χ3n) is 9.74. The quantitative estimate of drug-likeness (QED) is 0.110. The summed E-state index contributed by atoms with van der Waals surface area (Å²) in [7, 11) is -12.1. The molecule has 3 aliphatic heterocycles. The molecule has 22 nitrogen and oxygen atoms in total. The van der Waals surface area contributed by atoms with Crippen molar-refractivity contribution >= 4 is 57.8 Å². The lowest BCUT2D eigenvalue weighted by atomic mass is 10.1. The van der Waals surface area contributed by atoms with Crippen molar-refractivity contribution in [1.82, 2.24) is 49.2 Å². The normalized spacial score (nSPS) is 35.4. The van der Waals surface area contributed by atoms with E-state index >= 15 is 0 Å². The Labute approximate surface area is 291 Å². The molecule has 0 saturated carbocycles. The van der Waals surface area contributed by atoms with Crippen LogP contribution in [0.5, 0.6) is 0 Å². The second-order valence-corrected chi connectivity index (χ2v) is 21.9.